The summed E-state index contributed by atoms with van der Waals surface area (Å²) < 4.78 is 19.4. The predicted octanol–water partition coefficient (Wildman–Crippen LogP) is 5.44. The van der Waals surface area contributed by atoms with Crippen LogP contribution >= 0.6 is 0 Å². The van der Waals surface area contributed by atoms with E-state index in [0.29, 0.717) is 31.1 Å². The molecule has 0 amide bonds. The molecule has 1 saturated carbocycles. The number of hydrogen-bond donors (Lipinski definition) is 1. The van der Waals surface area contributed by atoms with Gasteiger partial charge in [-0.3, -0.25) is 9.78 Å². The monoisotopic (exact) mass is 553 g/mol. The number of hydrogen-bond acceptors (Lipinski definition) is 8. The molecule has 1 aliphatic carbocycles. The van der Waals surface area contributed by atoms with E-state index in [1.54, 1.807) is 37.0 Å². The first-order valence-corrected chi connectivity index (χ1v) is 17.1. The average Bonchev–Trinajstić information content (AvgIpc) is 3.25. The predicted molar refractivity (Wildman–Crippen MR) is 151 cm³/mol. The van der Waals surface area contributed by atoms with Crippen molar-refractivity contribution in [2.24, 2.45) is 5.41 Å². The zero-order valence-electron chi connectivity index (χ0n) is 23.7. The van der Waals surface area contributed by atoms with E-state index in [4.69, 9.17) is 14.2 Å². The summed E-state index contributed by atoms with van der Waals surface area (Å²) in [6.07, 6.45) is 6.85. The van der Waals surface area contributed by atoms with Crippen molar-refractivity contribution in [1.82, 2.24) is 24.7 Å². The van der Waals surface area contributed by atoms with Gasteiger partial charge in [-0.15, -0.1) is 5.10 Å². The molecule has 0 unspecified atom stereocenters. The number of aliphatic carboxylic acids is 1. The second kappa shape index (κ2) is 11.8. The molecule has 11 heteroatoms. The number of carbonyl (C=O) groups is 1. The number of pyridine rings is 2. The molecule has 1 N–H and O–H groups in total. The van der Waals surface area contributed by atoms with Gasteiger partial charge in [0.25, 0.3) is 0 Å². The Morgan fingerprint density at radius 3 is 2.54 bits per heavy atom. The SMILES string of the molecule is Cc1cc(OCC(C)(C)C(=O)O)ncc1-c1ccc(-c2nc(OC3CCC3)n(COCC[Si](C)(C)C)n2)cn1. The molecule has 39 heavy (non-hydrogen) atoms. The number of carboxylic acid groups (broad SMARTS) is 1. The van der Waals surface area contributed by atoms with Gasteiger partial charge in [0, 0.05) is 44.3 Å². The maximum absolute atomic E-state index is 11.3. The van der Waals surface area contributed by atoms with Crippen molar-refractivity contribution >= 4 is 14.0 Å². The normalized spacial score (nSPS) is 14.2. The van der Waals surface area contributed by atoms with Gasteiger partial charge in [-0.05, 0) is 63.8 Å². The highest BCUT2D eigenvalue weighted by molar-refractivity contribution is 6.76. The Morgan fingerprint density at radius 2 is 1.95 bits per heavy atom. The topological polar surface area (TPSA) is 121 Å². The maximum atomic E-state index is 11.3. The second-order valence-electron chi connectivity index (χ2n) is 12.0. The highest BCUT2D eigenvalue weighted by atomic mass is 28.3. The van der Waals surface area contributed by atoms with Gasteiger partial charge >= 0.3 is 12.0 Å². The van der Waals surface area contributed by atoms with E-state index in [-0.39, 0.29) is 12.7 Å². The smallest absolute Gasteiger partial charge is 0.317 e. The molecule has 0 spiro atoms. The van der Waals surface area contributed by atoms with E-state index in [9.17, 15) is 9.90 Å². The van der Waals surface area contributed by atoms with Gasteiger partial charge in [-0.1, -0.05) is 19.6 Å². The minimum Gasteiger partial charge on any atom is -0.481 e. The first-order valence-electron chi connectivity index (χ1n) is 13.4. The lowest BCUT2D eigenvalue weighted by Gasteiger charge is -2.25. The quantitative estimate of drug-likeness (QED) is 0.218. The third-order valence-corrected chi connectivity index (χ3v) is 8.42. The number of aromatic nitrogens is 5. The number of nitrogens with zero attached hydrogens (tertiary/aromatic N) is 5. The van der Waals surface area contributed by atoms with Gasteiger partial charge in [0.2, 0.25) is 5.88 Å². The van der Waals surface area contributed by atoms with Crippen LogP contribution in [-0.4, -0.2) is 63.2 Å². The summed E-state index contributed by atoms with van der Waals surface area (Å²) in [5.74, 6) is -0.00413. The van der Waals surface area contributed by atoms with Crippen molar-refractivity contribution in [3.8, 4) is 34.5 Å². The van der Waals surface area contributed by atoms with E-state index < -0.39 is 19.5 Å². The molecule has 0 aromatic carbocycles. The summed E-state index contributed by atoms with van der Waals surface area (Å²) in [5.41, 5.74) is 2.30. The van der Waals surface area contributed by atoms with Crippen LogP contribution in [0.4, 0.5) is 0 Å². The molecule has 1 aliphatic rings. The zero-order chi connectivity index (χ0) is 28.2. The fraction of sp³-hybridized carbons (Fsp3) is 0.536. The van der Waals surface area contributed by atoms with Crippen LogP contribution in [0.3, 0.4) is 0 Å². The van der Waals surface area contributed by atoms with Gasteiger partial charge in [-0.25, -0.2) is 4.98 Å². The average molecular weight is 554 g/mol. The highest BCUT2D eigenvalue weighted by Gasteiger charge is 2.28. The van der Waals surface area contributed by atoms with Gasteiger partial charge in [0.05, 0.1) is 11.1 Å². The molecule has 1 fully saturated rings. The maximum Gasteiger partial charge on any atom is 0.317 e. The van der Waals surface area contributed by atoms with Crippen LogP contribution in [0.1, 0.15) is 38.7 Å². The molecule has 4 rings (SSSR count). The zero-order valence-corrected chi connectivity index (χ0v) is 24.7. The summed E-state index contributed by atoms with van der Waals surface area (Å²) in [7, 11) is -1.18. The molecule has 10 nitrogen and oxygen atoms in total. The van der Waals surface area contributed by atoms with Crippen LogP contribution in [0.5, 0.6) is 11.9 Å². The van der Waals surface area contributed by atoms with Crippen molar-refractivity contribution in [2.45, 2.75) is 78.6 Å². The number of aryl methyl sites for hydroxylation is 1. The molecule has 0 bridgehead atoms. The van der Waals surface area contributed by atoms with Crippen LogP contribution in [0.2, 0.25) is 25.7 Å². The van der Waals surface area contributed by atoms with E-state index in [1.807, 2.05) is 19.1 Å². The molecule has 3 aromatic rings. The standard InChI is InChI=1S/C28H39N5O5Si/c1-19-14-24(37-17-28(2,3)26(34)35)30-16-22(19)23-11-10-20(15-29-23)25-31-27(38-21-8-7-9-21)33(32-25)18-36-12-13-39(4,5)6/h10-11,14-16,21H,7-9,12-13,17-18H2,1-6H3,(H,34,35). The van der Waals surface area contributed by atoms with E-state index >= 15 is 0 Å². The van der Waals surface area contributed by atoms with Crippen LogP contribution < -0.4 is 9.47 Å². The van der Waals surface area contributed by atoms with Crippen LogP contribution in [-0.2, 0) is 16.3 Å². The third-order valence-electron chi connectivity index (χ3n) is 6.72. The van der Waals surface area contributed by atoms with Gasteiger partial charge in [-0.2, -0.15) is 9.67 Å². The molecule has 0 saturated heterocycles. The second-order valence-corrected chi connectivity index (χ2v) is 17.6. The Hall–Kier alpha value is -3.31. The summed E-state index contributed by atoms with van der Waals surface area (Å²) in [4.78, 5) is 25.0. The van der Waals surface area contributed by atoms with Crippen molar-refractivity contribution in [1.29, 1.82) is 0 Å². The lowest BCUT2D eigenvalue weighted by atomic mass is 9.95. The summed E-state index contributed by atoms with van der Waals surface area (Å²) in [6, 6.07) is 7.19. The van der Waals surface area contributed by atoms with Crippen molar-refractivity contribution in [2.75, 3.05) is 13.2 Å². The molecular weight excluding hydrogens is 514 g/mol. The van der Waals surface area contributed by atoms with E-state index in [1.165, 1.54) is 6.42 Å². The fourth-order valence-corrected chi connectivity index (χ4v) is 4.42. The van der Waals surface area contributed by atoms with Crippen molar-refractivity contribution in [3.63, 3.8) is 0 Å². The van der Waals surface area contributed by atoms with E-state index in [0.717, 1.165) is 41.3 Å². The van der Waals surface area contributed by atoms with E-state index in [2.05, 4.69) is 39.7 Å². The van der Waals surface area contributed by atoms with Crippen LogP contribution in [0.25, 0.3) is 22.6 Å². The fourth-order valence-electron chi connectivity index (χ4n) is 3.67. The first kappa shape index (κ1) is 28.7. The minimum atomic E-state index is -1.18. The molecular formula is C28H39N5O5Si. The first-order chi connectivity index (χ1) is 18.4. The Bertz CT molecular complexity index is 1280. The van der Waals surface area contributed by atoms with Gasteiger partial charge in [0.1, 0.15) is 19.4 Å². The van der Waals surface area contributed by atoms with Gasteiger partial charge in [0.15, 0.2) is 5.82 Å². The number of rotatable bonds is 13. The summed E-state index contributed by atoms with van der Waals surface area (Å²) >= 11 is 0. The minimum absolute atomic E-state index is 0.0243. The van der Waals surface area contributed by atoms with Crippen molar-refractivity contribution in [3.05, 3.63) is 36.2 Å². The summed E-state index contributed by atoms with van der Waals surface area (Å²) in [5, 5.41) is 14.0. The summed E-state index contributed by atoms with van der Waals surface area (Å²) in [6.45, 7) is 13.2. The molecule has 0 radical (unpaired) electrons. The molecule has 0 atom stereocenters. The van der Waals surface area contributed by atoms with Crippen LogP contribution in [0.15, 0.2) is 30.6 Å². The van der Waals surface area contributed by atoms with Gasteiger partial charge < -0.3 is 19.3 Å². The molecule has 0 aliphatic heterocycles. The van der Waals surface area contributed by atoms with Crippen LogP contribution in [0, 0.1) is 12.3 Å². The Labute approximate surface area is 230 Å². The Morgan fingerprint density at radius 1 is 1.18 bits per heavy atom. The third kappa shape index (κ3) is 7.63. The molecule has 3 heterocycles. The van der Waals surface area contributed by atoms with Crippen molar-refractivity contribution < 1.29 is 24.1 Å². The number of carboxylic acids is 1. The Kier molecular flexibility index (Phi) is 8.70. The highest BCUT2D eigenvalue weighted by Crippen LogP contribution is 2.28. The molecule has 210 valence electrons. The lowest BCUT2D eigenvalue weighted by Crippen LogP contribution is -2.30. The Balaban J connectivity index is 1.46. The number of ether oxygens (including phenoxy) is 3. The largest absolute Gasteiger partial charge is 0.481 e. The lowest BCUT2D eigenvalue weighted by molar-refractivity contribution is -0.148. The molecule has 3 aromatic heterocycles.